The van der Waals surface area contributed by atoms with Crippen LogP contribution < -0.4 is 15.5 Å². The molecule has 1 unspecified atom stereocenters. The van der Waals surface area contributed by atoms with Crippen LogP contribution in [0, 0.1) is 6.92 Å². The zero-order chi connectivity index (χ0) is 20.9. The highest BCUT2D eigenvalue weighted by molar-refractivity contribution is 5.82. The van der Waals surface area contributed by atoms with Crippen molar-refractivity contribution in [3.05, 3.63) is 59.5 Å². The van der Waals surface area contributed by atoms with Crippen molar-refractivity contribution in [1.29, 1.82) is 0 Å². The van der Waals surface area contributed by atoms with Gasteiger partial charge in [0.25, 0.3) is 0 Å². The molecule has 0 aliphatic carbocycles. The van der Waals surface area contributed by atoms with Gasteiger partial charge in [-0.25, -0.2) is 4.98 Å². The van der Waals surface area contributed by atoms with Gasteiger partial charge in [-0.2, -0.15) is 0 Å². The van der Waals surface area contributed by atoms with Crippen LogP contribution in [0.3, 0.4) is 0 Å². The monoisotopic (exact) mass is 407 g/mol. The Hall–Kier alpha value is -3.06. The third-order valence-corrected chi connectivity index (χ3v) is 5.42. The molecule has 0 bridgehead atoms. The first-order valence-electron chi connectivity index (χ1n) is 10.4. The van der Waals surface area contributed by atoms with Crippen LogP contribution >= 0.6 is 0 Å². The van der Waals surface area contributed by atoms with Crippen molar-refractivity contribution in [2.24, 2.45) is 4.99 Å². The lowest BCUT2D eigenvalue weighted by molar-refractivity contribution is 0.0529. The molecule has 0 radical (unpaired) electrons. The normalized spacial score (nSPS) is 17.4. The van der Waals surface area contributed by atoms with Crippen molar-refractivity contribution >= 4 is 22.7 Å². The van der Waals surface area contributed by atoms with E-state index in [-0.39, 0.29) is 6.10 Å². The standard InChI is InChI=1S/C23H29N5O2/c1-16-15-28(10-11-29-16)22-9-8-18(12-25-22)13-26-23(24-3)27-14-21-17(2)19-6-4-5-7-20(19)30-21/h4-9,12,16H,10-11,13-15H2,1-3H3,(H2,24,26,27). The van der Waals surface area contributed by atoms with Crippen LogP contribution in [0.1, 0.15) is 23.8 Å². The van der Waals surface area contributed by atoms with E-state index in [2.05, 4.69) is 57.6 Å². The molecule has 1 fully saturated rings. The first-order valence-corrected chi connectivity index (χ1v) is 10.4. The Morgan fingerprint density at radius 3 is 2.77 bits per heavy atom. The molecule has 0 amide bonds. The molecule has 1 atom stereocenters. The van der Waals surface area contributed by atoms with E-state index in [0.717, 1.165) is 59.3 Å². The van der Waals surface area contributed by atoms with Crippen LogP contribution in [0.4, 0.5) is 5.82 Å². The number of guanidine groups is 1. The summed E-state index contributed by atoms with van der Waals surface area (Å²) in [6.07, 6.45) is 2.16. The maximum absolute atomic E-state index is 5.97. The number of para-hydroxylation sites is 1. The summed E-state index contributed by atoms with van der Waals surface area (Å²) in [4.78, 5) is 11.2. The fourth-order valence-corrected chi connectivity index (χ4v) is 3.70. The summed E-state index contributed by atoms with van der Waals surface area (Å²) in [6.45, 7) is 7.91. The van der Waals surface area contributed by atoms with Crippen LogP contribution in [-0.2, 0) is 17.8 Å². The van der Waals surface area contributed by atoms with Gasteiger partial charge in [0, 0.05) is 43.8 Å². The van der Waals surface area contributed by atoms with Crippen molar-refractivity contribution in [2.75, 3.05) is 31.6 Å². The van der Waals surface area contributed by atoms with Gasteiger partial charge < -0.3 is 24.7 Å². The highest BCUT2D eigenvalue weighted by Crippen LogP contribution is 2.24. The highest BCUT2D eigenvalue weighted by Gasteiger charge is 2.17. The number of aryl methyl sites for hydroxylation is 1. The number of anilines is 1. The lowest BCUT2D eigenvalue weighted by Gasteiger charge is -2.32. The molecule has 4 rings (SSSR count). The summed E-state index contributed by atoms with van der Waals surface area (Å²) < 4.78 is 11.6. The van der Waals surface area contributed by atoms with Gasteiger partial charge in [-0.15, -0.1) is 0 Å². The van der Waals surface area contributed by atoms with Crippen LogP contribution in [0.15, 0.2) is 52.0 Å². The topological polar surface area (TPSA) is 74.9 Å². The molecule has 1 aliphatic heterocycles. The van der Waals surface area contributed by atoms with Gasteiger partial charge in [0.15, 0.2) is 5.96 Å². The number of morpholine rings is 1. The second-order valence-electron chi connectivity index (χ2n) is 7.58. The number of aromatic nitrogens is 1. The third kappa shape index (κ3) is 4.57. The van der Waals surface area contributed by atoms with Gasteiger partial charge in [-0.3, -0.25) is 4.99 Å². The van der Waals surface area contributed by atoms with Crippen LogP contribution in [-0.4, -0.2) is 43.8 Å². The van der Waals surface area contributed by atoms with E-state index in [4.69, 9.17) is 9.15 Å². The summed E-state index contributed by atoms with van der Waals surface area (Å²) in [5, 5.41) is 7.82. The molecule has 1 saturated heterocycles. The average Bonchev–Trinajstić information content (AvgIpc) is 3.10. The molecule has 1 aliphatic rings. The Bertz CT molecular complexity index is 1010. The number of ether oxygens (including phenoxy) is 1. The number of pyridine rings is 1. The average molecular weight is 408 g/mol. The van der Waals surface area contributed by atoms with E-state index in [1.807, 2.05) is 24.4 Å². The zero-order valence-electron chi connectivity index (χ0n) is 17.8. The zero-order valence-corrected chi connectivity index (χ0v) is 17.8. The summed E-state index contributed by atoms with van der Waals surface area (Å²) in [5.74, 6) is 2.64. The van der Waals surface area contributed by atoms with Crippen LogP contribution in [0.5, 0.6) is 0 Å². The van der Waals surface area contributed by atoms with Gasteiger partial charge in [0.2, 0.25) is 0 Å². The molecule has 0 saturated carbocycles. The molecule has 3 heterocycles. The fraction of sp³-hybridized carbons (Fsp3) is 0.391. The minimum atomic E-state index is 0.242. The molecular formula is C23H29N5O2. The maximum atomic E-state index is 5.97. The number of nitrogens with zero attached hydrogens (tertiary/aromatic N) is 3. The molecule has 158 valence electrons. The summed E-state index contributed by atoms with van der Waals surface area (Å²) >= 11 is 0. The Balaban J connectivity index is 1.31. The fourth-order valence-electron chi connectivity index (χ4n) is 3.70. The number of aliphatic imine (C=N–C) groups is 1. The predicted octanol–water partition coefficient (Wildman–Crippen LogP) is 3.23. The van der Waals surface area contributed by atoms with E-state index >= 15 is 0 Å². The summed E-state index contributed by atoms with van der Waals surface area (Å²) in [7, 11) is 1.77. The van der Waals surface area contributed by atoms with E-state index in [1.54, 1.807) is 7.05 Å². The van der Waals surface area contributed by atoms with E-state index < -0.39 is 0 Å². The van der Waals surface area contributed by atoms with Crippen molar-refractivity contribution < 1.29 is 9.15 Å². The first kappa shape index (κ1) is 20.2. The Labute approximate surface area is 177 Å². The summed E-state index contributed by atoms with van der Waals surface area (Å²) in [5.41, 5.74) is 3.17. The number of nitrogens with one attached hydrogen (secondary N) is 2. The highest BCUT2D eigenvalue weighted by atomic mass is 16.5. The second-order valence-corrected chi connectivity index (χ2v) is 7.58. The number of hydrogen-bond acceptors (Lipinski definition) is 5. The SMILES string of the molecule is CN=C(NCc1ccc(N2CCOC(C)C2)nc1)NCc1oc2ccccc2c1C. The molecule has 2 N–H and O–H groups in total. The Kier molecular flexibility index (Phi) is 6.18. The van der Waals surface area contributed by atoms with Gasteiger partial charge in [0.05, 0.1) is 19.3 Å². The van der Waals surface area contributed by atoms with Crippen molar-refractivity contribution in [3.63, 3.8) is 0 Å². The Morgan fingerprint density at radius 1 is 1.20 bits per heavy atom. The molecule has 3 aromatic rings. The lowest BCUT2D eigenvalue weighted by Crippen LogP contribution is -2.41. The number of benzene rings is 1. The minimum Gasteiger partial charge on any atom is -0.459 e. The molecule has 30 heavy (non-hydrogen) atoms. The molecular weight excluding hydrogens is 378 g/mol. The second kappa shape index (κ2) is 9.17. The number of rotatable bonds is 5. The molecule has 1 aromatic carbocycles. The van der Waals surface area contributed by atoms with Gasteiger partial charge >= 0.3 is 0 Å². The van der Waals surface area contributed by atoms with E-state index in [0.29, 0.717) is 13.1 Å². The molecule has 2 aromatic heterocycles. The first-order chi connectivity index (χ1) is 14.6. The maximum Gasteiger partial charge on any atom is 0.191 e. The number of fused-ring (bicyclic) bond motifs is 1. The molecule has 0 spiro atoms. The molecule has 7 heteroatoms. The Morgan fingerprint density at radius 2 is 2.03 bits per heavy atom. The van der Waals surface area contributed by atoms with E-state index in [9.17, 15) is 0 Å². The lowest BCUT2D eigenvalue weighted by atomic mass is 10.1. The van der Waals surface area contributed by atoms with Gasteiger partial charge in [0.1, 0.15) is 17.2 Å². The number of hydrogen-bond donors (Lipinski definition) is 2. The summed E-state index contributed by atoms with van der Waals surface area (Å²) in [6, 6.07) is 12.3. The van der Waals surface area contributed by atoms with Crippen molar-refractivity contribution in [3.8, 4) is 0 Å². The van der Waals surface area contributed by atoms with Crippen molar-refractivity contribution in [1.82, 2.24) is 15.6 Å². The predicted molar refractivity (Wildman–Crippen MR) is 120 cm³/mol. The van der Waals surface area contributed by atoms with Gasteiger partial charge in [-0.1, -0.05) is 24.3 Å². The third-order valence-electron chi connectivity index (χ3n) is 5.42. The van der Waals surface area contributed by atoms with Crippen LogP contribution in [0.2, 0.25) is 0 Å². The van der Waals surface area contributed by atoms with Crippen molar-refractivity contribution in [2.45, 2.75) is 33.0 Å². The number of furan rings is 1. The molecule has 7 nitrogen and oxygen atoms in total. The van der Waals surface area contributed by atoms with E-state index in [1.165, 1.54) is 0 Å². The van der Waals surface area contributed by atoms with Crippen LogP contribution in [0.25, 0.3) is 11.0 Å². The quantitative estimate of drug-likeness (QED) is 0.500. The van der Waals surface area contributed by atoms with Gasteiger partial charge in [-0.05, 0) is 31.5 Å². The smallest absolute Gasteiger partial charge is 0.191 e. The minimum absolute atomic E-state index is 0.242. The largest absolute Gasteiger partial charge is 0.459 e.